The van der Waals surface area contributed by atoms with Crippen molar-refractivity contribution in [3.8, 4) is 11.5 Å². The lowest BCUT2D eigenvalue weighted by atomic mass is 10.1. The van der Waals surface area contributed by atoms with Crippen LogP contribution in [0, 0.1) is 0 Å². The molecule has 3 nitrogen and oxygen atoms in total. The molecule has 1 aromatic rings. The van der Waals surface area contributed by atoms with E-state index in [4.69, 9.17) is 9.47 Å². The average Bonchev–Trinajstić information content (AvgIpc) is 2.86. The van der Waals surface area contributed by atoms with Gasteiger partial charge in [0.2, 0.25) is 0 Å². The van der Waals surface area contributed by atoms with E-state index in [1.54, 1.807) is 0 Å². The predicted octanol–water partition coefficient (Wildman–Crippen LogP) is 4.08. The summed E-state index contributed by atoms with van der Waals surface area (Å²) in [5.41, 5.74) is 1.25. The molecule has 0 aliphatic carbocycles. The van der Waals surface area contributed by atoms with Gasteiger partial charge in [-0.3, -0.25) is 0 Å². The van der Waals surface area contributed by atoms with Gasteiger partial charge in [-0.1, -0.05) is 39.5 Å². The lowest BCUT2D eigenvalue weighted by molar-refractivity contribution is 0.297. The number of rotatable bonds is 9. The van der Waals surface area contributed by atoms with Crippen molar-refractivity contribution in [2.45, 2.75) is 52.0 Å². The molecule has 1 atom stereocenters. The standard InChI is InChI=1S/C17H27NO2/c1-3-5-6-7-8-11-19-14-9-10-15-16(18-4-2)13-20-17(15)12-14/h9-10,12,16,18H,3-8,11,13H2,1-2H3. The van der Waals surface area contributed by atoms with Crippen LogP contribution in [0.2, 0.25) is 0 Å². The molecule has 0 aromatic heterocycles. The first kappa shape index (κ1) is 15.2. The van der Waals surface area contributed by atoms with Gasteiger partial charge in [-0.2, -0.15) is 0 Å². The largest absolute Gasteiger partial charge is 0.493 e. The van der Waals surface area contributed by atoms with Crippen LogP contribution in [0.5, 0.6) is 11.5 Å². The summed E-state index contributed by atoms with van der Waals surface area (Å²) < 4.78 is 11.5. The zero-order chi connectivity index (χ0) is 14.2. The molecule has 112 valence electrons. The minimum Gasteiger partial charge on any atom is -0.493 e. The fraction of sp³-hybridized carbons (Fsp3) is 0.647. The van der Waals surface area contributed by atoms with Gasteiger partial charge in [0.05, 0.1) is 12.6 Å². The molecule has 2 rings (SSSR count). The molecule has 0 radical (unpaired) electrons. The summed E-state index contributed by atoms with van der Waals surface area (Å²) in [5, 5.41) is 3.43. The van der Waals surface area contributed by atoms with Crippen LogP contribution in [0.3, 0.4) is 0 Å². The van der Waals surface area contributed by atoms with Gasteiger partial charge < -0.3 is 14.8 Å². The van der Waals surface area contributed by atoms with E-state index in [0.29, 0.717) is 6.04 Å². The maximum Gasteiger partial charge on any atom is 0.127 e. The van der Waals surface area contributed by atoms with E-state index in [2.05, 4.69) is 31.3 Å². The topological polar surface area (TPSA) is 30.5 Å². The Hall–Kier alpha value is -1.22. The Balaban J connectivity index is 1.77. The van der Waals surface area contributed by atoms with Crippen molar-refractivity contribution in [3.05, 3.63) is 23.8 Å². The highest BCUT2D eigenvalue weighted by Crippen LogP contribution is 2.35. The Labute approximate surface area is 122 Å². The Morgan fingerprint density at radius 3 is 2.85 bits per heavy atom. The SMILES string of the molecule is CCCCCCCOc1ccc2c(c1)OCC2NCC. The van der Waals surface area contributed by atoms with E-state index in [9.17, 15) is 0 Å². The first-order chi connectivity index (χ1) is 9.85. The molecule has 20 heavy (non-hydrogen) atoms. The smallest absolute Gasteiger partial charge is 0.127 e. The van der Waals surface area contributed by atoms with Crippen LogP contribution in [-0.2, 0) is 0 Å². The minimum atomic E-state index is 0.332. The molecule has 3 heteroatoms. The molecule has 0 bridgehead atoms. The number of hydrogen-bond acceptors (Lipinski definition) is 3. The van der Waals surface area contributed by atoms with Crippen molar-refractivity contribution in [3.63, 3.8) is 0 Å². The molecule has 0 fully saturated rings. The Bertz CT molecular complexity index is 406. The molecule has 0 amide bonds. The van der Waals surface area contributed by atoms with Crippen LogP contribution in [0.1, 0.15) is 57.6 Å². The van der Waals surface area contributed by atoms with Crippen LogP contribution in [0.25, 0.3) is 0 Å². The first-order valence-corrected chi connectivity index (χ1v) is 7.98. The maximum atomic E-state index is 5.81. The molecule has 1 aromatic carbocycles. The highest BCUT2D eigenvalue weighted by atomic mass is 16.5. The molecule has 0 saturated heterocycles. The predicted molar refractivity (Wildman–Crippen MR) is 82.6 cm³/mol. The van der Waals surface area contributed by atoms with Gasteiger partial charge in [0, 0.05) is 11.6 Å². The highest BCUT2D eigenvalue weighted by molar-refractivity contribution is 5.45. The van der Waals surface area contributed by atoms with E-state index in [1.165, 1.54) is 31.2 Å². The summed E-state index contributed by atoms with van der Waals surface area (Å²) >= 11 is 0. The Morgan fingerprint density at radius 2 is 2.05 bits per heavy atom. The third kappa shape index (κ3) is 4.14. The van der Waals surface area contributed by atoms with Crippen LogP contribution in [0.4, 0.5) is 0 Å². The number of nitrogens with one attached hydrogen (secondary N) is 1. The second kappa shape index (κ2) is 8.15. The third-order valence-electron chi connectivity index (χ3n) is 3.73. The number of unbranched alkanes of at least 4 members (excludes halogenated alkanes) is 4. The van der Waals surface area contributed by atoms with Gasteiger partial charge in [-0.15, -0.1) is 0 Å². The summed E-state index contributed by atoms with van der Waals surface area (Å²) in [4.78, 5) is 0. The molecular weight excluding hydrogens is 250 g/mol. The second-order valence-corrected chi connectivity index (χ2v) is 5.38. The normalized spacial score (nSPS) is 16.8. The van der Waals surface area contributed by atoms with Crippen molar-refractivity contribution in [2.75, 3.05) is 19.8 Å². The van der Waals surface area contributed by atoms with Crippen molar-refractivity contribution >= 4 is 0 Å². The number of fused-ring (bicyclic) bond motifs is 1. The molecule has 1 N–H and O–H groups in total. The monoisotopic (exact) mass is 277 g/mol. The zero-order valence-corrected chi connectivity index (χ0v) is 12.8. The van der Waals surface area contributed by atoms with Gasteiger partial charge >= 0.3 is 0 Å². The number of benzene rings is 1. The van der Waals surface area contributed by atoms with E-state index in [0.717, 1.165) is 37.7 Å². The molecule has 0 saturated carbocycles. The highest BCUT2D eigenvalue weighted by Gasteiger charge is 2.23. The molecule has 1 aliphatic rings. The summed E-state index contributed by atoms with van der Waals surface area (Å²) in [5.74, 6) is 1.90. The summed E-state index contributed by atoms with van der Waals surface area (Å²) in [6.45, 7) is 6.85. The fourth-order valence-corrected chi connectivity index (χ4v) is 2.59. The van der Waals surface area contributed by atoms with Crippen molar-refractivity contribution in [1.82, 2.24) is 5.32 Å². The minimum absolute atomic E-state index is 0.332. The van der Waals surface area contributed by atoms with Crippen molar-refractivity contribution in [2.24, 2.45) is 0 Å². The number of ether oxygens (including phenoxy) is 2. The van der Waals surface area contributed by atoms with E-state index in [-0.39, 0.29) is 0 Å². The lowest BCUT2D eigenvalue weighted by Crippen LogP contribution is -2.21. The Morgan fingerprint density at radius 1 is 1.20 bits per heavy atom. The first-order valence-electron chi connectivity index (χ1n) is 7.98. The van der Waals surface area contributed by atoms with E-state index in [1.807, 2.05) is 6.07 Å². The molecule has 1 aliphatic heterocycles. The van der Waals surface area contributed by atoms with Gasteiger partial charge in [-0.05, 0) is 25.1 Å². The van der Waals surface area contributed by atoms with Gasteiger partial charge in [0.15, 0.2) is 0 Å². The van der Waals surface area contributed by atoms with Gasteiger partial charge in [0.25, 0.3) is 0 Å². The third-order valence-corrected chi connectivity index (χ3v) is 3.73. The van der Waals surface area contributed by atoms with E-state index >= 15 is 0 Å². The summed E-state index contributed by atoms with van der Waals surface area (Å²) in [7, 11) is 0. The average molecular weight is 277 g/mol. The van der Waals surface area contributed by atoms with Gasteiger partial charge in [0.1, 0.15) is 18.1 Å². The van der Waals surface area contributed by atoms with Crippen LogP contribution < -0.4 is 14.8 Å². The van der Waals surface area contributed by atoms with Crippen LogP contribution in [0.15, 0.2) is 18.2 Å². The summed E-state index contributed by atoms with van der Waals surface area (Å²) in [6.07, 6.45) is 6.34. The maximum absolute atomic E-state index is 5.81. The van der Waals surface area contributed by atoms with Crippen molar-refractivity contribution in [1.29, 1.82) is 0 Å². The van der Waals surface area contributed by atoms with Crippen LogP contribution in [-0.4, -0.2) is 19.8 Å². The lowest BCUT2D eigenvalue weighted by Gasteiger charge is -2.10. The zero-order valence-electron chi connectivity index (χ0n) is 12.8. The number of likely N-dealkylation sites (N-methyl/N-ethyl adjacent to an activating group) is 1. The number of hydrogen-bond donors (Lipinski definition) is 1. The van der Waals surface area contributed by atoms with E-state index < -0.39 is 0 Å². The van der Waals surface area contributed by atoms with Crippen LogP contribution >= 0.6 is 0 Å². The second-order valence-electron chi connectivity index (χ2n) is 5.38. The Kier molecular flexibility index (Phi) is 6.19. The van der Waals surface area contributed by atoms with Crippen molar-refractivity contribution < 1.29 is 9.47 Å². The quantitative estimate of drug-likeness (QED) is 0.690. The summed E-state index contributed by atoms with van der Waals surface area (Å²) in [6, 6.07) is 6.54. The fourth-order valence-electron chi connectivity index (χ4n) is 2.59. The van der Waals surface area contributed by atoms with Gasteiger partial charge in [-0.25, -0.2) is 0 Å². The molecule has 1 unspecified atom stereocenters. The molecule has 1 heterocycles. The molecular formula is C17H27NO2. The molecule has 0 spiro atoms.